The maximum Gasteiger partial charge on any atom is 0.253 e. The third-order valence-corrected chi connectivity index (χ3v) is 6.15. The van der Waals surface area contributed by atoms with Gasteiger partial charge in [-0.15, -0.1) is 0 Å². The average Bonchev–Trinajstić information content (AvgIpc) is 2.97. The number of piperidine rings is 1. The minimum Gasteiger partial charge on any atom is -0.339 e. The Morgan fingerprint density at radius 3 is 2.39 bits per heavy atom. The fourth-order valence-corrected chi connectivity index (χ4v) is 4.49. The number of carbonyl (C=O) groups is 2. The average molecular weight is 380 g/mol. The molecule has 2 aromatic rings. The van der Waals surface area contributed by atoms with Crippen molar-refractivity contribution in [2.45, 2.75) is 53.4 Å². The molecule has 148 valence electrons. The molecule has 1 fully saturated rings. The van der Waals surface area contributed by atoms with Gasteiger partial charge in [0.15, 0.2) is 5.78 Å². The first-order valence-electron chi connectivity index (χ1n) is 10.3. The molecule has 5 nitrogen and oxygen atoms in total. The van der Waals surface area contributed by atoms with Gasteiger partial charge >= 0.3 is 0 Å². The van der Waals surface area contributed by atoms with E-state index < -0.39 is 0 Å². The molecule has 1 amide bonds. The summed E-state index contributed by atoms with van der Waals surface area (Å²) >= 11 is 0. The van der Waals surface area contributed by atoms with Crippen molar-refractivity contribution < 1.29 is 9.59 Å². The molecule has 0 bridgehead atoms. The largest absolute Gasteiger partial charge is 0.339 e. The van der Waals surface area contributed by atoms with Crippen molar-refractivity contribution in [3.8, 4) is 5.69 Å². The molecular formula is C23H29N3O2. The second kappa shape index (κ2) is 6.87. The van der Waals surface area contributed by atoms with Crippen LogP contribution in [0.2, 0.25) is 0 Å². The predicted molar refractivity (Wildman–Crippen MR) is 109 cm³/mol. The number of hydrogen-bond acceptors (Lipinski definition) is 3. The number of carbonyl (C=O) groups excluding carboxylic acids is 2. The van der Waals surface area contributed by atoms with Crippen molar-refractivity contribution in [1.29, 1.82) is 0 Å². The molecule has 0 radical (unpaired) electrons. The van der Waals surface area contributed by atoms with Crippen molar-refractivity contribution in [3.05, 3.63) is 46.8 Å². The van der Waals surface area contributed by atoms with Gasteiger partial charge in [0.25, 0.3) is 5.91 Å². The number of hydrogen-bond donors (Lipinski definition) is 0. The van der Waals surface area contributed by atoms with E-state index in [4.69, 9.17) is 0 Å². The second-order valence-electron chi connectivity index (χ2n) is 9.28. The number of Topliss-reactive ketones (excluding diaryl/α,β-unsaturated/α-hetero) is 1. The van der Waals surface area contributed by atoms with Gasteiger partial charge in [-0.2, -0.15) is 5.10 Å². The lowest BCUT2D eigenvalue weighted by Crippen LogP contribution is -2.37. The van der Waals surface area contributed by atoms with Crippen LogP contribution in [0.25, 0.3) is 5.69 Å². The SMILES string of the molecule is Cc1nn(-c2ccc(C(=O)N3CCC(C)CC3)cc2)c2c1C(=O)CC(C)(C)C2. The van der Waals surface area contributed by atoms with Crippen LogP contribution in [0.4, 0.5) is 0 Å². The highest BCUT2D eigenvalue weighted by Gasteiger charge is 2.35. The summed E-state index contributed by atoms with van der Waals surface area (Å²) in [5.41, 5.74) is 4.12. The van der Waals surface area contributed by atoms with Gasteiger partial charge in [0.2, 0.25) is 0 Å². The normalized spacial score (nSPS) is 19.6. The van der Waals surface area contributed by atoms with Gasteiger partial charge in [0.1, 0.15) is 0 Å². The van der Waals surface area contributed by atoms with E-state index in [1.807, 2.05) is 40.8 Å². The van der Waals surface area contributed by atoms with Gasteiger partial charge in [-0.3, -0.25) is 9.59 Å². The molecular weight excluding hydrogens is 350 g/mol. The minimum absolute atomic E-state index is 0.0599. The first kappa shape index (κ1) is 18.9. The van der Waals surface area contributed by atoms with E-state index in [9.17, 15) is 9.59 Å². The topological polar surface area (TPSA) is 55.2 Å². The molecule has 28 heavy (non-hydrogen) atoms. The first-order valence-corrected chi connectivity index (χ1v) is 10.3. The summed E-state index contributed by atoms with van der Waals surface area (Å²) in [4.78, 5) is 27.3. The minimum atomic E-state index is -0.0599. The lowest BCUT2D eigenvalue weighted by molar-refractivity contribution is 0.0697. The fraction of sp³-hybridized carbons (Fsp3) is 0.522. The Morgan fingerprint density at radius 2 is 1.75 bits per heavy atom. The Morgan fingerprint density at radius 1 is 1.11 bits per heavy atom. The van der Waals surface area contributed by atoms with E-state index in [0.717, 1.165) is 55.0 Å². The number of aryl methyl sites for hydroxylation is 1. The van der Waals surface area contributed by atoms with Crippen LogP contribution >= 0.6 is 0 Å². The number of benzene rings is 1. The molecule has 1 aromatic carbocycles. The van der Waals surface area contributed by atoms with Crippen LogP contribution in [0.1, 0.15) is 72.1 Å². The van der Waals surface area contributed by atoms with Crippen LogP contribution in [0.15, 0.2) is 24.3 Å². The Labute approximate surface area is 166 Å². The molecule has 2 aliphatic rings. The van der Waals surface area contributed by atoms with Gasteiger partial charge in [0.05, 0.1) is 22.6 Å². The summed E-state index contributed by atoms with van der Waals surface area (Å²) in [7, 11) is 0. The molecule has 4 rings (SSSR count). The lowest BCUT2D eigenvalue weighted by Gasteiger charge is -2.30. The van der Waals surface area contributed by atoms with Crippen LogP contribution in [-0.2, 0) is 6.42 Å². The number of aromatic nitrogens is 2. The third-order valence-electron chi connectivity index (χ3n) is 6.15. The zero-order valence-corrected chi connectivity index (χ0v) is 17.3. The Hall–Kier alpha value is -2.43. The quantitative estimate of drug-likeness (QED) is 0.785. The van der Waals surface area contributed by atoms with Crippen LogP contribution in [0.3, 0.4) is 0 Å². The highest BCUT2D eigenvalue weighted by atomic mass is 16.2. The highest BCUT2D eigenvalue weighted by Crippen LogP contribution is 2.37. The Balaban J connectivity index is 1.61. The van der Waals surface area contributed by atoms with Gasteiger partial charge in [-0.05, 0) is 61.8 Å². The summed E-state index contributed by atoms with van der Waals surface area (Å²) in [6.07, 6.45) is 3.54. The Bertz CT molecular complexity index is 916. The van der Waals surface area contributed by atoms with Crippen LogP contribution in [0, 0.1) is 18.3 Å². The van der Waals surface area contributed by atoms with Crippen molar-refractivity contribution in [3.63, 3.8) is 0 Å². The summed E-state index contributed by atoms with van der Waals surface area (Å²) in [5, 5.41) is 4.65. The van der Waals surface area contributed by atoms with E-state index >= 15 is 0 Å². The number of likely N-dealkylation sites (tertiary alicyclic amines) is 1. The summed E-state index contributed by atoms with van der Waals surface area (Å²) in [5.74, 6) is 0.988. The third kappa shape index (κ3) is 3.38. The number of amides is 1. The standard InChI is InChI=1S/C23H29N3O2/c1-15-9-11-25(12-10-15)22(28)17-5-7-18(8-6-17)26-19-13-23(3,4)14-20(27)21(19)16(2)24-26/h5-8,15H,9-14H2,1-4H3. The maximum atomic E-state index is 12.8. The molecule has 0 atom stereocenters. The summed E-state index contributed by atoms with van der Waals surface area (Å²) in [6, 6.07) is 7.65. The molecule has 1 aliphatic carbocycles. The summed E-state index contributed by atoms with van der Waals surface area (Å²) in [6.45, 7) is 10.1. The van der Waals surface area contributed by atoms with E-state index in [1.54, 1.807) is 0 Å². The maximum absolute atomic E-state index is 12.8. The number of ketones is 1. The van der Waals surface area contributed by atoms with Gasteiger partial charge < -0.3 is 4.90 Å². The molecule has 5 heteroatoms. The molecule has 1 aromatic heterocycles. The van der Waals surface area contributed by atoms with E-state index in [2.05, 4.69) is 25.9 Å². The van der Waals surface area contributed by atoms with Gasteiger partial charge in [-0.25, -0.2) is 4.68 Å². The van der Waals surface area contributed by atoms with Crippen LogP contribution in [0.5, 0.6) is 0 Å². The molecule has 0 saturated carbocycles. The van der Waals surface area contributed by atoms with E-state index in [0.29, 0.717) is 17.9 Å². The highest BCUT2D eigenvalue weighted by molar-refractivity contribution is 6.00. The number of rotatable bonds is 2. The van der Waals surface area contributed by atoms with Crippen LogP contribution in [-0.4, -0.2) is 39.5 Å². The van der Waals surface area contributed by atoms with Gasteiger partial charge in [0, 0.05) is 25.1 Å². The molecule has 0 N–H and O–H groups in total. The van der Waals surface area contributed by atoms with E-state index in [-0.39, 0.29) is 17.1 Å². The smallest absolute Gasteiger partial charge is 0.253 e. The lowest BCUT2D eigenvalue weighted by atomic mass is 9.75. The summed E-state index contributed by atoms with van der Waals surface area (Å²) < 4.78 is 1.89. The fourth-order valence-electron chi connectivity index (χ4n) is 4.49. The molecule has 1 saturated heterocycles. The number of nitrogens with zero attached hydrogens (tertiary/aromatic N) is 3. The molecule has 0 spiro atoms. The second-order valence-corrected chi connectivity index (χ2v) is 9.28. The molecule has 0 unspecified atom stereocenters. The van der Waals surface area contributed by atoms with Crippen molar-refractivity contribution >= 4 is 11.7 Å². The van der Waals surface area contributed by atoms with Crippen molar-refractivity contribution in [2.75, 3.05) is 13.1 Å². The van der Waals surface area contributed by atoms with Crippen molar-refractivity contribution in [2.24, 2.45) is 11.3 Å². The number of fused-ring (bicyclic) bond motifs is 1. The zero-order valence-electron chi connectivity index (χ0n) is 17.3. The predicted octanol–water partition coefficient (Wildman–Crippen LogP) is 4.21. The zero-order chi connectivity index (χ0) is 20.1. The van der Waals surface area contributed by atoms with Gasteiger partial charge in [-0.1, -0.05) is 20.8 Å². The first-order chi connectivity index (χ1) is 13.2. The molecule has 2 heterocycles. The van der Waals surface area contributed by atoms with E-state index in [1.165, 1.54) is 0 Å². The molecule has 1 aliphatic heterocycles. The van der Waals surface area contributed by atoms with Crippen LogP contribution < -0.4 is 0 Å². The monoisotopic (exact) mass is 379 g/mol. The van der Waals surface area contributed by atoms with Crippen molar-refractivity contribution in [1.82, 2.24) is 14.7 Å². The Kier molecular flexibility index (Phi) is 4.64.